The Morgan fingerprint density at radius 2 is 1.53 bits per heavy atom. The van der Waals surface area contributed by atoms with E-state index in [4.69, 9.17) is 14.2 Å². The van der Waals surface area contributed by atoms with Gasteiger partial charge in [-0.25, -0.2) is 4.79 Å². The van der Waals surface area contributed by atoms with Crippen molar-refractivity contribution >= 4 is 23.5 Å². The summed E-state index contributed by atoms with van der Waals surface area (Å²) >= 11 is 0. The maximum Gasteiger partial charge on any atom is 0.338 e. The number of rotatable bonds is 12. The van der Waals surface area contributed by atoms with Gasteiger partial charge in [-0.05, 0) is 48.2 Å². The van der Waals surface area contributed by atoms with Crippen molar-refractivity contribution in [2.24, 2.45) is 11.8 Å². The van der Waals surface area contributed by atoms with Crippen molar-refractivity contribution in [1.82, 2.24) is 4.90 Å². The third kappa shape index (κ3) is 9.13. The summed E-state index contributed by atoms with van der Waals surface area (Å²) in [4.78, 5) is 38.7. The monoisotopic (exact) mass is 470 g/mol. The van der Waals surface area contributed by atoms with Gasteiger partial charge in [-0.1, -0.05) is 33.8 Å². The first kappa shape index (κ1) is 26.7. The number of methoxy groups -OCH3 is 1. The lowest BCUT2D eigenvalue weighted by Crippen LogP contribution is -2.39. The fourth-order valence-corrected chi connectivity index (χ4v) is 3.20. The average Bonchev–Trinajstić information content (AvgIpc) is 2.80. The average molecular weight is 471 g/mol. The highest BCUT2D eigenvalue weighted by Crippen LogP contribution is 2.17. The minimum atomic E-state index is -0.593. The van der Waals surface area contributed by atoms with Gasteiger partial charge in [0.25, 0.3) is 11.8 Å². The maximum atomic E-state index is 12.5. The SMILES string of the molecule is COc1cccc(NC(=O)COc2ccc(C(=O)OCC(=O)N(CC(C)C)CC(C)C)cc2)c1. The van der Waals surface area contributed by atoms with E-state index in [0.29, 0.717) is 47.7 Å². The highest BCUT2D eigenvalue weighted by atomic mass is 16.5. The third-order valence-corrected chi connectivity index (χ3v) is 4.66. The smallest absolute Gasteiger partial charge is 0.338 e. The Kier molecular flexibility index (Phi) is 10.4. The number of nitrogens with zero attached hydrogens (tertiary/aromatic N) is 1. The van der Waals surface area contributed by atoms with E-state index >= 15 is 0 Å². The van der Waals surface area contributed by atoms with Crippen LogP contribution in [0.2, 0.25) is 0 Å². The molecule has 0 saturated carbocycles. The first-order valence-electron chi connectivity index (χ1n) is 11.3. The van der Waals surface area contributed by atoms with Crippen LogP contribution < -0.4 is 14.8 Å². The molecular weight excluding hydrogens is 436 g/mol. The Morgan fingerprint density at radius 1 is 0.882 bits per heavy atom. The van der Waals surface area contributed by atoms with E-state index in [9.17, 15) is 14.4 Å². The Balaban J connectivity index is 1.83. The topological polar surface area (TPSA) is 94.2 Å². The molecule has 0 saturated heterocycles. The number of esters is 1. The summed E-state index contributed by atoms with van der Waals surface area (Å²) in [5, 5.41) is 2.72. The molecule has 0 aliphatic heterocycles. The molecule has 1 N–H and O–H groups in total. The molecule has 0 aliphatic rings. The zero-order valence-corrected chi connectivity index (χ0v) is 20.5. The molecule has 2 amide bonds. The number of ether oxygens (including phenoxy) is 3. The number of amides is 2. The van der Waals surface area contributed by atoms with Gasteiger partial charge in [0.15, 0.2) is 13.2 Å². The minimum absolute atomic E-state index is 0.197. The fraction of sp³-hybridized carbons (Fsp3) is 0.423. The maximum absolute atomic E-state index is 12.5. The highest BCUT2D eigenvalue weighted by Gasteiger charge is 2.18. The molecule has 0 radical (unpaired) electrons. The van der Waals surface area contributed by atoms with E-state index in [-0.39, 0.29) is 25.0 Å². The number of carbonyl (C=O) groups excluding carboxylic acids is 3. The molecule has 8 nitrogen and oxygen atoms in total. The van der Waals surface area contributed by atoms with Crippen molar-refractivity contribution in [3.8, 4) is 11.5 Å². The predicted octanol–water partition coefficient (Wildman–Crippen LogP) is 4.01. The standard InChI is InChI=1S/C26H34N2O6/c1-18(2)14-28(15-19(3)4)25(30)17-34-26(31)20-9-11-22(12-10-20)33-16-24(29)27-21-7-6-8-23(13-21)32-5/h6-13,18-19H,14-17H2,1-5H3,(H,27,29). The van der Waals surface area contributed by atoms with Gasteiger partial charge in [0.2, 0.25) is 0 Å². The summed E-state index contributed by atoms with van der Waals surface area (Å²) < 4.78 is 15.8. The van der Waals surface area contributed by atoms with Crippen molar-refractivity contribution in [2.75, 3.05) is 38.7 Å². The van der Waals surface area contributed by atoms with Gasteiger partial charge in [0.05, 0.1) is 12.7 Å². The van der Waals surface area contributed by atoms with Gasteiger partial charge in [-0.15, -0.1) is 0 Å². The summed E-state index contributed by atoms with van der Waals surface area (Å²) in [5.41, 5.74) is 0.890. The number of hydrogen-bond acceptors (Lipinski definition) is 6. The summed E-state index contributed by atoms with van der Waals surface area (Å²) in [7, 11) is 1.55. The van der Waals surface area contributed by atoms with Crippen LogP contribution in [-0.2, 0) is 14.3 Å². The molecule has 0 aromatic heterocycles. The van der Waals surface area contributed by atoms with Gasteiger partial charge in [-0.2, -0.15) is 0 Å². The third-order valence-electron chi connectivity index (χ3n) is 4.66. The van der Waals surface area contributed by atoms with E-state index in [2.05, 4.69) is 5.32 Å². The molecule has 34 heavy (non-hydrogen) atoms. The zero-order chi connectivity index (χ0) is 25.1. The van der Waals surface area contributed by atoms with Crippen molar-refractivity contribution in [3.63, 3.8) is 0 Å². The number of carbonyl (C=O) groups is 3. The van der Waals surface area contributed by atoms with E-state index in [1.165, 1.54) is 12.1 Å². The Morgan fingerprint density at radius 3 is 2.12 bits per heavy atom. The van der Waals surface area contributed by atoms with Crippen LogP contribution in [0.25, 0.3) is 0 Å². The molecule has 0 spiro atoms. The number of benzene rings is 2. The molecule has 0 bridgehead atoms. The summed E-state index contributed by atoms with van der Waals surface area (Å²) in [5.74, 6) is 0.570. The predicted molar refractivity (Wildman–Crippen MR) is 130 cm³/mol. The lowest BCUT2D eigenvalue weighted by atomic mass is 10.1. The molecule has 0 unspecified atom stereocenters. The van der Waals surface area contributed by atoms with Gasteiger partial charge in [-0.3, -0.25) is 9.59 Å². The molecular formula is C26H34N2O6. The number of anilines is 1. The molecule has 184 valence electrons. The van der Waals surface area contributed by atoms with Crippen molar-refractivity contribution in [1.29, 1.82) is 0 Å². The summed E-state index contributed by atoms with van der Waals surface area (Å²) in [6, 6.07) is 13.2. The quantitative estimate of drug-likeness (QED) is 0.471. The van der Waals surface area contributed by atoms with Gasteiger partial charge < -0.3 is 24.4 Å². The zero-order valence-electron chi connectivity index (χ0n) is 20.5. The molecule has 2 aromatic carbocycles. The van der Waals surface area contributed by atoms with Crippen LogP contribution in [0.15, 0.2) is 48.5 Å². The minimum Gasteiger partial charge on any atom is -0.497 e. The first-order chi connectivity index (χ1) is 16.2. The van der Waals surface area contributed by atoms with Crippen LogP contribution in [0, 0.1) is 11.8 Å². The van der Waals surface area contributed by atoms with E-state index < -0.39 is 5.97 Å². The van der Waals surface area contributed by atoms with E-state index in [1.54, 1.807) is 48.4 Å². The van der Waals surface area contributed by atoms with Crippen LogP contribution >= 0.6 is 0 Å². The highest BCUT2D eigenvalue weighted by molar-refractivity contribution is 5.92. The Hall–Kier alpha value is -3.55. The van der Waals surface area contributed by atoms with Crippen LogP contribution in [0.1, 0.15) is 38.1 Å². The molecule has 0 fully saturated rings. The summed E-state index contributed by atoms with van der Waals surface area (Å²) in [6.07, 6.45) is 0. The molecule has 2 rings (SSSR count). The lowest BCUT2D eigenvalue weighted by molar-refractivity contribution is -0.135. The first-order valence-corrected chi connectivity index (χ1v) is 11.3. The Bertz CT molecular complexity index is 946. The molecule has 0 heterocycles. The van der Waals surface area contributed by atoms with Crippen LogP contribution in [0.5, 0.6) is 11.5 Å². The second kappa shape index (κ2) is 13.2. The number of hydrogen-bond donors (Lipinski definition) is 1. The largest absolute Gasteiger partial charge is 0.497 e. The normalized spacial score (nSPS) is 10.7. The van der Waals surface area contributed by atoms with Gasteiger partial charge in [0.1, 0.15) is 11.5 Å². The van der Waals surface area contributed by atoms with Crippen molar-refractivity contribution < 1.29 is 28.6 Å². The summed E-state index contributed by atoms with van der Waals surface area (Å²) in [6.45, 7) is 8.89. The van der Waals surface area contributed by atoms with E-state index in [1.807, 2.05) is 27.7 Å². The fourth-order valence-electron chi connectivity index (χ4n) is 3.20. The molecule has 8 heteroatoms. The second-order valence-electron chi connectivity index (χ2n) is 8.76. The molecule has 2 aromatic rings. The second-order valence-corrected chi connectivity index (χ2v) is 8.76. The molecule has 0 atom stereocenters. The van der Waals surface area contributed by atoms with Crippen molar-refractivity contribution in [2.45, 2.75) is 27.7 Å². The number of nitrogens with one attached hydrogen (secondary N) is 1. The van der Waals surface area contributed by atoms with Crippen LogP contribution in [0.3, 0.4) is 0 Å². The van der Waals surface area contributed by atoms with Gasteiger partial charge >= 0.3 is 5.97 Å². The van der Waals surface area contributed by atoms with E-state index in [0.717, 1.165) is 0 Å². The molecule has 0 aliphatic carbocycles. The lowest BCUT2D eigenvalue weighted by Gasteiger charge is -2.26. The Labute approximate surface area is 201 Å². The van der Waals surface area contributed by atoms with Crippen LogP contribution in [0.4, 0.5) is 5.69 Å². The van der Waals surface area contributed by atoms with Gasteiger partial charge in [0, 0.05) is 24.8 Å². The van der Waals surface area contributed by atoms with Crippen LogP contribution in [-0.4, -0.2) is 56.1 Å². The van der Waals surface area contributed by atoms with Crippen molar-refractivity contribution in [3.05, 3.63) is 54.1 Å².